The maximum Gasteiger partial charge on any atom is 0.213 e. The normalized spacial score (nSPS) is 18.1. The van der Waals surface area contributed by atoms with Crippen molar-refractivity contribution in [2.24, 2.45) is 0 Å². The molecule has 1 N–H and O–H groups in total. The summed E-state index contributed by atoms with van der Waals surface area (Å²) < 4.78 is 5.83. The van der Waals surface area contributed by atoms with Crippen LogP contribution in [0.2, 0.25) is 0 Å². The molecule has 94 valence electrons. The minimum Gasteiger partial charge on any atom is -0.474 e. The topological polar surface area (TPSA) is 42.4 Å². The van der Waals surface area contributed by atoms with Crippen molar-refractivity contribution in [2.45, 2.75) is 57.7 Å². The number of hydrogen-bond donors (Lipinski definition) is 1. The van der Waals surface area contributed by atoms with Crippen molar-refractivity contribution in [3.63, 3.8) is 0 Å². The Morgan fingerprint density at radius 3 is 2.47 bits per heavy atom. The zero-order chi connectivity index (χ0) is 12.3. The van der Waals surface area contributed by atoms with E-state index in [9.17, 15) is 5.11 Å². The second kappa shape index (κ2) is 5.05. The fourth-order valence-electron chi connectivity index (χ4n) is 2.17. The molecule has 1 saturated carbocycles. The van der Waals surface area contributed by atoms with Gasteiger partial charge in [0.1, 0.15) is 6.10 Å². The predicted molar refractivity (Wildman–Crippen MR) is 67.0 cm³/mol. The summed E-state index contributed by atoms with van der Waals surface area (Å²) in [7, 11) is 0. The largest absolute Gasteiger partial charge is 0.474 e. The molecule has 0 spiro atoms. The highest BCUT2D eigenvalue weighted by molar-refractivity contribution is 5.22. The van der Waals surface area contributed by atoms with E-state index in [1.165, 1.54) is 19.3 Å². The molecule has 0 unspecified atom stereocenters. The first kappa shape index (κ1) is 12.4. The van der Waals surface area contributed by atoms with Gasteiger partial charge >= 0.3 is 0 Å². The molecule has 0 saturated heterocycles. The van der Waals surface area contributed by atoms with Crippen LogP contribution in [0.3, 0.4) is 0 Å². The van der Waals surface area contributed by atoms with Crippen molar-refractivity contribution in [2.75, 3.05) is 0 Å². The molecule has 1 aromatic heterocycles. The van der Waals surface area contributed by atoms with E-state index in [2.05, 4.69) is 4.98 Å². The fraction of sp³-hybridized carbons (Fsp3) is 0.643. The quantitative estimate of drug-likeness (QED) is 0.875. The van der Waals surface area contributed by atoms with E-state index in [0.717, 1.165) is 18.4 Å². The summed E-state index contributed by atoms with van der Waals surface area (Å²) in [6, 6.07) is 3.73. The third-order valence-corrected chi connectivity index (χ3v) is 3.28. The van der Waals surface area contributed by atoms with Crippen LogP contribution in [0.4, 0.5) is 0 Å². The van der Waals surface area contributed by atoms with Crippen LogP contribution in [0.1, 0.15) is 51.5 Å². The van der Waals surface area contributed by atoms with Crippen molar-refractivity contribution in [3.8, 4) is 5.88 Å². The summed E-state index contributed by atoms with van der Waals surface area (Å²) in [5.41, 5.74) is -0.0235. The Bertz CT molecular complexity index is 347. The maximum absolute atomic E-state index is 9.82. The first-order chi connectivity index (χ1) is 8.05. The number of aliphatic hydroxyl groups is 1. The lowest BCUT2D eigenvalue weighted by Crippen LogP contribution is -2.20. The molecule has 1 aliphatic carbocycles. The van der Waals surface area contributed by atoms with E-state index in [0.29, 0.717) is 12.0 Å². The van der Waals surface area contributed by atoms with Gasteiger partial charge in [-0.15, -0.1) is 0 Å². The molecule has 0 atom stereocenters. The minimum atomic E-state index is -0.837. The number of aromatic nitrogens is 1. The van der Waals surface area contributed by atoms with E-state index in [-0.39, 0.29) is 0 Å². The molecular weight excluding hydrogens is 214 g/mol. The molecule has 0 aromatic carbocycles. The lowest BCUT2D eigenvalue weighted by atomic mass is 9.98. The molecule has 3 heteroatoms. The van der Waals surface area contributed by atoms with Crippen LogP contribution in [0.25, 0.3) is 0 Å². The van der Waals surface area contributed by atoms with E-state index < -0.39 is 5.60 Å². The maximum atomic E-state index is 9.82. The van der Waals surface area contributed by atoms with Gasteiger partial charge in [0.15, 0.2) is 0 Å². The zero-order valence-electron chi connectivity index (χ0n) is 10.6. The lowest BCUT2D eigenvalue weighted by Gasteiger charge is -2.23. The number of pyridine rings is 1. The van der Waals surface area contributed by atoms with Gasteiger partial charge in [0.05, 0.1) is 5.60 Å². The minimum absolute atomic E-state index is 0.323. The number of ether oxygens (including phenoxy) is 1. The highest BCUT2D eigenvalue weighted by Gasteiger charge is 2.18. The SMILES string of the molecule is CC(C)(O)c1ccc(OC2CCCCC2)nc1. The van der Waals surface area contributed by atoms with Crippen molar-refractivity contribution >= 4 is 0 Å². The summed E-state index contributed by atoms with van der Waals surface area (Å²) in [5.74, 6) is 0.671. The van der Waals surface area contributed by atoms with Crippen LogP contribution in [-0.2, 0) is 5.60 Å². The van der Waals surface area contributed by atoms with Crippen molar-refractivity contribution < 1.29 is 9.84 Å². The zero-order valence-corrected chi connectivity index (χ0v) is 10.6. The molecule has 1 aliphatic rings. The first-order valence-corrected chi connectivity index (χ1v) is 6.41. The third kappa shape index (κ3) is 3.43. The standard InChI is InChI=1S/C14H21NO2/c1-14(2,16)11-8-9-13(15-10-11)17-12-6-4-3-5-7-12/h8-10,12,16H,3-7H2,1-2H3. The van der Waals surface area contributed by atoms with Crippen LogP contribution in [0, 0.1) is 0 Å². The molecule has 1 fully saturated rings. The highest BCUT2D eigenvalue weighted by Crippen LogP contribution is 2.24. The van der Waals surface area contributed by atoms with Crippen LogP contribution in [0.5, 0.6) is 5.88 Å². The summed E-state index contributed by atoms with van der Waals surface area (Å²) in [6.45, 7) is 3.51. The average Bonchev–Trinajstić information content (AvgIpc) is 2.30. The molecule has 17 heavy (non-hydrogen) atoms. The predicted octanol–water partition coefficient (Wildman–Crippen LogP) is 3.02. The first-order valence-electron chi connectivity index (χ1n) is 6.41. The molecule has 1 aromatic rings. The fourth-order valence-corrected chi connectivity index (χ4v) is 2.17. The van der Waals surface area contributed by atoms with Crippen LogP contribution in [0.15, 0.2) is 18.3 Å². The molecule has 0 amide bonds. The van der Waals surface area contributed by atoms with Gasteiger partial charge in [0, 0.05) is 17.8 Å². The Hall–Kier alpha value is -1.09. The van der Waals surface area contributed by atoms with Crippen molar-refractivity contribution in [1.29, 1.82) is 0 Å². The number of nitrogens with zero attached hydrogens (tertiary/aromatic N) is 1. The van der Waals surface area contributed by atoms with Gasteiger partial charge in [-0.25, -0.2) is 4.98 Å². The Kier molecular flexibility index (Phi) is 3.67. The second-order valence-corrected chi connectivity index (χ2v) is 5.32. The van der Waals surface area contributed by atoms with Crippen LogP contribution in [-0.4, -0.2) is 16.2 Å². The van der Waals surface area contributed by atoms with E-state index in [1.807, 2.05) is 12.1 Å². The van der Waals surface area contributed by atoms with Gasteiger partial charge in [-0.05, 0) is 45.6 Å². The smallest absolute Gasteiger partial charge is 0.213 e. The molecule has 0 radical (unpaired) electrons. The Labute approximate surface area is 103 Å². The van der Waals surface area contributed by atoms with Crippen molar-refractivity contribution in [1.82, 2.24) is 4.98 Å². The third-order valence-electron chi connectivity index (χ3n) is 3.28. The average molecular weight is 235 g/mol. The number of rotatable bonds is 3. The van der Waals surface area contributed by atoms with Crippen molar-refractivity contribution in [3.05, 3.63) is 23.9 Å². The highest BCUT2D eigenvalue weighted by atomic mass is 16.5. The van der Waals surface area contributed by atoms with Crippen LogP contribution < -0.4 is 4.74 Å². The lowest BCUT2D eigenvalue weighted by molar-refractivity contribution is 0.0779. The Balaban J connectivity index is 1.98. The van der Waals surface area contributed by atoms with E-state index in [1.54, 1.807) is 20.0 Å². The summed E-state index contributed by atoms with van der Waals surface area (Å²) >= 11 is 0. The van der Waals surface area contributed by atoms with Gasteiger partial charge in [0.2, 0.25) is 5.88 Å². The van der Waals surface area contributed by atoms with Gasteiger partial charge in [0.25, 0.3) is 0 Å². The van der Waals surface area contributed by atoms with E-state index >= 15 is 0 Å². The number of hydrogen-bond acceptors (Lipinski definition) is 3. The molecule has 0 bridgehead atoms. The molecule has 1 heterocycles. The van der Waals surface area contributed by atoms with Gasteiger partial charge in [-0.3, -0.25) is 0 Å². The summed E-state index contributed by atoms with van der Waals surface area (Å²) in [4.78, 5) is 4.26. The van der Waals surface area contributed by atoms with Gasteiger partial charge in [-0.2, -0.15) is 0 Å². The molecular formula is C14H21NO2. The van der Waals surface area contributed by atoms with E-state index in [4.69, 9.17) is 4.74 Å². The summed E-state index contributed by atoms with van der Waals surface area (Å²) in [5, 5.41) is 9.82. The van der Waals surface area contributed by atoms with Gasteiger partial charge in [-0.1, -0.05) is 6.42 Å². The monoisotopic (exact) mass is 235 g/mol. The summed E-state index contributed by atoms with van der Waals surface area (Å²) in [6.07, 6.45) is 8.12. The molecule has 3 nitrogen and oxygen atoms in total. The van der Waals surface area contributed by atoms with Crippen LogP contribution >= 0.6 is 0 Å². The molecule has 2 rings (SSSR count). The Morgan fingerprint density at radius 2 is 1.94 bits per heavy atom. The Morgan fingerprint density at radius 1 is 1.24 bits per heavy atom. The molecule has 0 aliphatic heterocycles. The van der Waals surface area contributed by atoms with Gasteiger partial charge < -0.3 is 9.84 Å². The second-order valence-electron chi connectivity index (χ2n) is 5.32.